The number of benzene rings is 4. The molecule has 0 radical (unpaired) electrons. The SMILES string of the molecule is O=C(CCC(=O)Nc1ccc2ccccc2c1)N/N=C/c1c(O)ccc2ccccc12. The fraction of sp³-hybridized carbons (Fsp3) is 0.0800. The van der Waals surface area contributed by atoms with E-state index in [4.69, 9.17) is 0 Å². The van der Waals surface area contributed by atoms with E-state index in [9.17, 15) is 14.7 Å². The lowest BCUT2D eigenvalue weighted by atomic mass is 10.0. The second-order valence-electron chi connectivity index (χ2n) is 7.12. The number of carbonyl (C=O) groups excluding carboxylic acids is 2. The Hall–Kier alpha value is -4.19. The Morgan fingerprint density at radius 2 is 1.48 bits per heavy atom. The molecule has 154 valence electrons. The van der Waals surface area contributed by atoms with Crippen molar-refractivity contribution in [2.24, 2.45) is 5.10 Å². The summed E-state index contributed by atoms with van der Waals surface area (Å²) in [6, 6.07) is 24.5. The number of carbonyl (C=O) groups is 2. The molecule has 0 aliphatic carbocycles. The number of rotatable bonds is 6. The fourth-order valence-electron chi connectivity index (χ4n) is 3.36. The topological polar surface area (TPSA) is 90.8 Å². The van der Waals surface area contributed by atoms with Crippen molar-refractivity contribution in [3.05, 3.63) is 84.4 Å². The predicted octanol–water partition coefficient (Wildman–Crippen LogP) is 4.57. The molecule has 0 aliphatic heterocycles. The van der Waals surface area contributed by atoms with Gasteiger partial charge in [-0.15, -0.1) is 0 Å². The maximum absolute atomic E-state index is 12.2. The Morgan fingerprint density at radius 1 is 0.806 bits per heavy atom. The first-order chi connectivity index (χ1) is 15.1. The number of anilines is 1. The molecule has 0 atom stereocenters. The summed E-state index contributed by atoms with van der Waals surface area (Å²) >= 11 is 0. The van der Waals surface area contributed by atoms with Crippen molar-refractivity contribution >= 4 is 45.3 Å². The van der Waals surface area contributed by atoms with E-state index >= 15 is 0 Å². The van der Waals surface area contributed by atoms with E-state index in [1.807, 2.05) is 72.8 Å². The number of amides is 2. The average molecular weight is 411 g/mol. The molecule has 6 nitrogen and oxygen atoms in total. The van der Waals surface area contributed by atoms with E-state index in [1.54, 1.807) is 6.07 Å². The Bertz CT molecular complexity index is 1300. The first kappa shape index (κ1) is 20.1. The standard InChI is InChI=1S/C25H21N3O3/c29-23-12-10-18-6-3-4-8-21(18)22(23)16-26-28-25(31)14-13-24(30)27-20-11-9-17-5-1-2-7-19(17)15-20/h1-12,15-16,29H,13-14H2,(H,27,30)(H,28,31)/b26-16+. The van der Waals surface area contributed by atoms with Gasteiger partial charge in [-0.2, -0.15) is 5.10 Å². The summed E-state index contributed by atoms with van der Waals surface area (Å²) in [6.45, 7) is 0. The number of aromatic hydroxyl groups is 1. The van der Waals surface area contributed by atoms with Crippen LogP contribution in [0, 0.1) is 0 Å². The minimum absolute atomic E-state index is 0.00171. The van der Waals surface area contributed by atoms with Crippen molar-refractivity contribution in [2.45, 2.75) is 12.8 Å². The molecule has 31 heavy (non-hydrogen) atoms. The van der Waals surface area contributed by atoms with Gasteiger partial charge in [0.1, 0.15) is 5.75 Å². The minimum atomic E-state index is -0.385. The van der Waals surface area contributed by atoms with E-state index in [1.165, 1.54) is 6.21 Å². The minimum Gasteiger partial charge on any atom is -0.507 e. The number of hydrogen-bond acceptors (Lipinski definition) is 4. The number of nitrogens with one attached hydrogen (secondary N) is 2. The highest BCUT2D eigenvalue weighted by Crippen LogP contribution is 2.25. The summed E-state index contributed by atoms with van der Waals surface area (Å²) < 4.78 is 0. The van der Waals surface area contributed by atoms with Crippen LogP contribution in [0.25, 0.3) is 21.5 Å². The number of phenols is 1. The van der Waals surface area contributed by atoms with Crippen LogP contribution in [0.5, 0.6) is 5.75 Å². The van der Waals surface area contributed by atoms with Crippen LogP contribution in [0.1, 0.15) is 18.4 Å². The summed E-state index contributed by atoms with van der Waals surface area (Å²) in [6.07, 6.45) is 1.44. The molecule has 0 spiro atoms. The Morgan fingerprint density at radius 3 is 2.32 bits per heavy atom. The van der Waals surface area contributed by atoms with Crippen molar-refractivity contribution < 1.29 is 14.7 Å². The zero-order valence-corrected chi connectivity index (χ0v) is 16.7. The summed E-state index contributed by atoms with van der Waals surface area (Å²) in [5, 5.41) is 20.8. The molecule has 2 amide bonds. The van der Waals surface area contributed by atoms with E-state index in [-0.39, 0.29) is 30.4 Å². The lowest BCUT2D eigenvalue weighted by Crippen LogP contribution is -2.20. The Balaban J connectivity index is 1.31. The van der Waals surface area contributed by atoms with Crippen LogP contribution in [-0.4, -0.2) is 23.1 Å². The third kappa shape index (κ3) is 4.87. The molecular weight excluding hydrogens is 390 g/mol. The highest BCUT2D eigenvalue weighted by Gasteiger charge is 2.08. The molecule has 0 heterocycles. The first-order valence-corrected chi connectivity index (χ1v) is 9.91. The summed E-state index contributed by atoms with van der Waals surface area (Å²) in [5.41, 5.74) is 3.62. The third-order valence-electron chi connectivity index (χ3n) is 4.94. The zero-order chi connectivity index (χ0) is 21.6. The predicted molar refractivity (Wildman–Crippen MR) is 123 cm³/mol. The molecule has 6 heteroatoms. The van der Waals surface area contributed by atoms with Gasteiger partial charge in [0.2, 0.25) is 11.8 Å². The Kier molecular flexibility index (Phi) is 5.89. The van der Waals surface area contributed by atoms with Crippen LogP contribution in [0.3, 0.4) is 0 Å². The average Bonchev–Trinajstić information content (AvgIpc) is 2.79. The molecule has 0 saturated heterocycles. The van der Waals surface area contributed by atoms with Crippen LogP contribution < -0.4 is 10.7 Å². The normalized spacial score (nSPS) is 11.1. The van der Waals surface area contributed by atoms with Gasteiger partial charge in [0.15, 0.2) is 0 Å². The van der Waals surface area contributed by atoms with Gasteiger partial charge in [-0.1, -0.05) is 60.7 Å². The van der Waals surface area contributed by atoms with Crippen molar-refractivity contribution in [3.8, 4) is 5.75 Å². The molecular formula is C25H21N3O3. The van der Waals surface area contributed by atoms with Crippen LogP contribution >= 0.6 is 0 Å². The quantitative estimate of drug-likeness (QED) is 0.321. The maximum atomic E-state index is 12.2. The lowest BCUT2D eigenvalue weighted by molar-refractivity contribution is -0.124. The Labute approximate surface area is 179 Å². The summed E-state index contributed by atoms with van der Waals surface area (Å²) in [5.74, 6) is -0.558. The highest BCUT2D eigenvalue weighted by atomic mass is 16.3. The van der Waals surface area contributed by atoms with Gasteiger partial charge >= 0.3 is 0 Å². The van der Waals surface area contributed by atoms with Gasteiger partial charge in [-0.05, 0) is 39.7 Å². The second kappa shape index (κ2) is 9.09. The number of hydrazone groups is 1. The van der Waals surface area contributed by atoms with Crippen molar-refractivity contribution in [2.75, 3.05) is 5.32 Å². The van der Waals surface area contributed by atoms with E-state index in [0.717, 1.165) is 21.5 Å². The van der Waals surface area contributed by atoms with Gasteiger partial charge in [0, 0.05) is 24.1 Å². The van der Waals surface area contributed by atoms with Gasteiger partial charge in [-0.25, -0.2) is 5.43 Å². The maximum Gasteiger partial charge on any atom is 0.240 e. The number of hydrogen-bond donors (Lipinski definition) is 3. The molecule has 0 aliphatic rings. The van der Waals surface area contributed by atoms with Crippen molar-refractivity contribution in [1.29, 1.82) is 0 Å². The van der Waals surface area contributed by atoms with Gasteiger partial charge < -0.3 is 10.4 Å². The van der Waals surface area contributed by atoms with Gasteiger partial charge in [-0.3, -0.25) is 9.59 Å². The summed E-state index contributed by atoms with van der Waals surface area (Å²) in [7, 11) is 0. The largest absolute Gasteiger partial charge is 0.507 e. The van der Waals surface area contributed by atoms with Crippen LogP contribution in [0.4, 0.5) is 5.69 Å². The number of nitrogens with zero attached hydrogens (tertiary/aromatic N) is 1. The molecule has 0 unspecified atom stereocenters. The summed E-state index contributed by atoms with van der Waals surface area (Å²) in [4.78, 5) is 24.2. The van der Waals surface area contributed by atoms with Crippen molar-refractivity contribution in [1.82, 2.24) is 5.43 Å². The van der Waals surface area contributed by atoms with Gasteiger partial charge in [0.25, 0.3) is 0 Å². The van der Waals surface area contributed by atoms with Gasteiger partial charge in [0.05, 0.1) is 6.21 Å². The van der Waals surface area contributed by atoms with E-state index < -0.39 is 0 Å². The highest BCUT2D eigenvalue weighted by molar-refractivity contribution is 6.02. The smallest absolute Gasteiger partial charge is 0.240 e. The van der Waals surface area contributed by atoms with E-state index in [0.29, 0.717) is 11.3 Å². The molecule has 3 N–H and O–H groups in total. The van der Waals surface area contributed by atoms with Crippen LogP contribution in [0.2, 0.25) is 0 Å². The number of fused-ring (bicyclic) bond motifs is 2. The molecule has 0 fully saturated rings. The molecule has 4 aromatic carbocycles. The monoisotopic (exact) mass is 411 g/mol. The number of phenolic OH excluding ortho intramolecular Hbond substituents is 1. The van der Waals surface area contributed by atoms with Crippen LogP contribution in [-0.2, 0) is 9.59 Å². The zero-order valence-electron chi connectivity index (χ0n) is 16.7. The molecule has 0 bridgehead atoms. The fourth-order valence-corrected chi connectivity index (χ4v) is 3.36. The van der Waals surface area contributed by atoms with E-state index in [2.05, 4.69) is 15.8 Å². The molecule has 4 aromatic rings. The molecule has 0 saturated carbocycles. The molecule has 0 aromatic heterocycles. The first-order valence-electron chi connectivity index (χ1n) is 9.91. The third-order valence-corrected chi connectivity index (χ3v) is 4.94. The lowest BCUT2D eigenvalue weighted by Gasteiger charge is -2.07. The second-order valence-corrected chi connectivity index (χ2v) is 7.12. The molecule has 4 rings (SSSR count). The van der Waals surface area contributed by atoms with Crippen molar-refractivity contribution in [3.63, 3.8) is 0 Å². The van der Waals surface area contributed by atoms with Crippen LogP contribution in [0.15, 0.2) is 84.0 Å².